The maximum absolute atomic E-state index is 13.2. The highest BCUT2D eigenvalue weighted by molar-refractivity contribution is 9.10. The molecule has 0 radical (unpaired) electrons. The van der Waals surface area contributed by atoms with Gasteiger partial charge in [-0.05, 0) is 58.7 Å². The average Bonchev–Trinajstić information content (AvgIpc) is 2.70. The normalized spacial score (nSPS) is 13.5. The zero-order chi connectivity index (χ0) is 19.2. The zero-order valence-corrected chi connectivity index (χ0v) is 17.5. The summed E-state index contributed by atoms with van der Waals surface area (Å²) in [6.07, 6.45) is 0. The van der Waals surface area contributed by atoms with Crippen LogP contribution in [0.4, 0.5) is 0 Å². The predicted molar refractivity (Wildman–Crippen MR) is 117 cm³/mol. The molecule has 6 rings (SSSR count). The van der Waals surface area contributed by atoms with Crippen molar-refractivity contribution in [3.05, 3.63) is 91.9 Å². The molecule has 0 amide bonds. The summed E-state index contributed by atoms with van der Waals surface area (Å²) in [5.41, 5.74) is 6.55. The lowest BCUT2D eigenvalue weighted by Gasteiger charge is -2.26. The van der Waals surface area contributed by atoms with Crippen molar-refractivity contribution in [2.45, 2.75) is 0 Å². The van der Waals surface area contributed by atoms with Crippen LogP contribution in [0.5, 0.6) is 0 Å². The van der Waals surface area contributed by atoms with Crippen molar-refractivity contribution in [2.24, 2.45) is 0 Å². The molecule has 4 aromatic carbocycles. The van der Waals surface area contributed by atoms with E-state index in [1.54, 1.807) is 12.1 Å². The molecule has 0 unspecified atom stereocenters. The number of carbonyl (C=O) groups excluding carboxylic acids is 2. The lowest BCUT2D eigenvalue weighted by atomic mass is 9.76. The molecule has 0 aliphatic heterocycles. The maximum atomic E-state index is 13.2. The fourth-order valence-corrected chi connectivity index (χ4v) is 5.21. The third-order valence-electron chi connectivity index (χ3n) is 5.68. The molecule has 0 heterocycles. The summed E-state index contributed by atoms with van der Waals surface area (Å²) >= 11 is 6.94. The molecular formula is C24H10Br2O2. The number of benzene rings is 4. The fourth-order valence-electron chi connectivity index (χ4n) is 4.49. The van der Waals surface area contributed by atoms with Crippen molar-refractivity contribution < 1.29 is 9.59 Å². The first-order chi connectivity index (χ1) is 13.5. The van der Waals surface area contributed by atoms with Crippen molar-refractivity contribution in [1.82, 2.24) is 0 Å². The Hall–Kier alpha value is -2.56. The summed E-state index contributed by atoms with van der Waals surface area (Å²) in [5.74, 6) is 0.00287. The number of carbonyl (C=O) groups is 2. The number of rotatable bonds is 0. The SMILES string of the molecule is O=C1c2cc(Br)ccc2-c2ccc3c4c(ccc1c24)C(=O)c1cc(Br)ccc1-3. The highest BCUT2D eigenvalue weighted by atomic mass is 79.9. The predicted octanol–water partition coefficient (Wildman–Crippen LogP) is 6.79. The summed E-state index contributed by atoms with van der Waals surface area (Å²) in [6, 6.07) is 19.3. The van der Waals surface area contributed by atoms with Gasteiger partial charge in [-0.15, -0.1) is 0 Å². The second-order valence-electron chi connectivity index (χ2n) is 7.11. The Labute approximate surface area is 177 Å². The van der Waals surface area contributed by atoms with Crippen molar-refractivity contribution in [1.29, 1.82) is 0 Å². The van der Waals surface area contributed by atoms with E-state index in [2.05, 4.69) is 44.0 Å². The van der Waals surface area contributed by atoms with Crippen molar-refractivity contribution in [3.63, 3.8) is 0 Å². The van der Waals surface area contributed by atoms with Gasteiger partial charge in [-0.3, -0.25) is 9.59 Å². The summed E-state index contributed by atoms with van der Waals surface area (Å²) < 4.78 is 1.76. The van der Waals surface area contributed by atoms with Crippen LogP contribution in [0.3, 0.4) is 0 Å². The van der Waals surface area contributed by atoms with Crippen molar-refractivity contribution in [2.75, 3.05) is 0 Å². The highest BCUT2D eigenvalue weighted by Crippen LogP contribution is 2.47. The van der Waals surface area contributed by atoms with Gasteiger partial charge in [0, 0.05) is 42.0 Å². The van der Waals surface area contributed by atoms with E-state index < -0.39 is 0 Å². The van der Waals surface area contributed by atoms with E-state index in [-0.39, 0.29) is 11.6 Å². The van der Waals surface area contributed by atoms with Crippen molar-refractivity contribution >= 4 is 54.2 Å². The van der Waals surface area contributed by atoms with E-state index in [1.165, 1.54) is 0 Å². The van der Waals surface area contributed by atoms with Gasteiger partial charge in [-0.25, -0.2) is 0 Å². The summed E-state index contributed by atoms with van der Waals surface area (Å²) in [7, 11) is 0. The Kier molecular flexibility index (Phi) is 3.22. The van der Waals surface area contributed by atoms with E-state index >= 15 is 0 Å². The number of ketones is 2. The van der Waals surface area contributed by atoms with Crippen LogP contribution < -0.4 is 0 Å². The molecule has 0 spiro atoms. The van der Waals surface area contributed by atoms with E-state index in [0.717, 1.165) is 42.0 Å². The Balaban J connectivity index is 1.81. The topological polar surface area (TPSA) is 34.1 Å². The first kappa shape index (κ1) is 16.4. The van der Waals surface area contributed by atoms with Gasteiger partial charge in [0.05, 0.1) is 0 Å². The number of fused-ring (bicyclic) bond motifs is 4. The minimum Gasteiger partial charge on any atom is -0.289 e. The average molecular weight is 490 g/mol. The molecule has 0 N–H and O–H groups in total. The molecule has 0 atom stereocenters. The van der Waals surface area contributed by atoms with Crippen LogP contribution in [-0.2, 0) is 0 Å². The van der Waals surface area contributed by atoms with Gasteiger partial charge < -0.3 is 0 Å². The Morgan fingerprint density at radius 2 is 0.786 bits per heavy atom. The molecule has 0 fully saturated rings. The van der Waals surface area contributed by atoms with Gasteiger partial charge >= 0.3 is 0 Å². The van der Waals surface area contributed by atoms with E-state index in [4.69, 9.17) is 0 Å². The molecular weight excluding hydrogens is 480 g/mol. The molecule has 0 aromatic heterocycles. The highest BCUT2D eigenvalue weighted by Gasteiger charge is 2.32. The molecule has 2 aliphatic carbocycles. The summed E-state index contributed by atoms with van der Waals surface area (Å²) in [5, 5.41) is 1.77. The first-order valence-corrected chi connectivity index (χ1v) is 10.4. The molecule has 4 aromatic rings. The lowest BCUT2D eigenvalue weighted by Crippen LogP contribution is -2.15. The van der Waals surface area contributed by atoms with Crippen LogP contribution in [0.25, 0.3) is 33.0 Å². The van der Waals surface area contributed by atoms with Gasteiger partial charge in [0.2, 0.25) is 0 Å². The summed E-state index contributed by atoms with van der Waals surface area (Å²) in [4.78, 5) is 26.5. The molecule has 132 valence electrons. The number of hydrogen-bond acceptors (Lipinski definition) is 2. The number of hydrogen-bond donors (Lipinski definition) is 0. The third kappa shape index (κ3) is 1.97. The van der Waals surface area contributed by atoms with Gasteiger partial charge in [-0.1, -0.05) is 56.1 Å². The Bertz CT molecular complexity index is 1310. The molecule has 4 heteroatoms. The fraction of sp³-hybridized carbons (Fsp3) is 0. The van der Waals surface area contributed by atoms with Crippen LogP contribution >= 0.6 is 31.9 Å². The number of halogens is 2. The van der Waals surface area contributed by atoms with E-state index in [9.17, 15) is 9.59 Å². The van der Waals surface area contributed by atoms with Gasteiger partial charge in [0.1, 0.15) is 0 Å². The second kappa shape index (κ2) is 5.49. The van der Waals surface area contributed by atoms with Crippen LogP contribution in [0.2, 0.25) is 0 Å². The standard InChI is InChI=1S/C24H10Br2O2/c25-11-1-3-13-15-5-6-16-14-4-2-12(26)10-20(14)24(28)18-8-7-17(21(15)22(16)18)23(27)19(13)9-11/h1-10H. The molecule has 0 saturated carbocycles. The monoisotopic (exact) mass is 488 g/mol. The quantitative estimate of drug-likeness (QED) is 0.235. The zero-order valence-electron chi connectivity index (χ0n) is 14.3. The molecule has 0 saturated heterocycles. The van der Waals surface area contributed by atoms with Crippen LogP contribution in [0.1, 0.15) is 31.8 Å². The Morgan fingerprint density at radius 1 is 0.429 bits per heavy atom. The molecule has 0 bridgehead atoms. The van der Waals surface area contributed by atoms with Gasteiger partial charge in [0.25, 0.3) is 0 Å². The van der Waals surface area contributed by atoms with E-state index in [0.29, 0.717) is 22.3 Å². The molecule has 2 aliphatic rings. The largest absolute Gasteiger partial charge is 0.289 e. The maximum Gasteiger partial charge on any atom is 0.194 e. The van der Waals surface area contributed by atoms with Crippen LogP contribution in [0, 0.1) is 0 Å². The lowest BCUT2D eigenvalue weighted by molar-refractivity contribution is 0.102. The minimum atomic E-state index is 0.00144. The van der Waals surface area contributed by atoms with Crippen molar-refractivity contribution in [3.8, 4) is 22.3 Å². The van der Waals surface area contributed by atoms with Crippen LogP contribution in [0.15, 0.2) is 69.6 Å². The first-order valence-electron chi connectivity index (χ1n) is 8.83. The third-order valence-corrected chi connectivity index (χ3v) is 6.67. The second-order valence-corrected chi connectivity index (χ2v) is 8.94. The smallest absolute Gasteiger partial charge is 0.194 e. The van der Waals surface area contributed by atoms with E-state index in [1.807, 2.05) is 36.4 Å². The summed E-state index contributed by atoms with van der Waals surface area (Å²) in [6.45, 7) is 0. The molecule has 28 heavy (non-hydrogen) atoms. The minimum absolute atomic E-state index is 0.00144. The molecule has 2 nitrogen and oxygen atoms in total. The Morgan fingerprint density at radius 3 is 1.21 bits per heavy atom. The van der Waals surface area contributed by atoms with Gasteiger partial charge in [0.15, 0.2) is 11.6 Å². The van der Waals surface area contributed by atoms with Gasteiger partial charge in [-0.2, -0.15) is 0 Å². The van der Waals surface area contributed by atoms with Crippen LogP contribution in [-0.4, -0.2) is 11.6 Å².